The van der Waals surface area contributed by atoms with Crippen molar-refractivity contribution in [2.45, 2.75) is 20.8 Å². The Labute approximate surface area is 92.9 Å². The Balaban J connectivity index is 0.000000921. The van der Waals surface area contributed by atoms with Gasteiger partial charge in [-0.2, -0.15) is 0 Å². The first kappa shape index (κ1) is 13.4. The second-order valence-electron chi connectivity index (χ2n) is 2.84. The molecule has 0 bridgehead atoms. The number of aliphatic imine (C=N–C) groups is 1. The molecule has 0 aliphatic carbocycles. The molecule has 0 heterocycles. The molecule has 1 aromatic carbocycles. The molecule has 80 valence electrons. The van der Waals surface area contributed by atoms with Gasteiger partial charge in [0.05, 0.1) is 0 Å². The smallest absolute Gasteiger partial charge is 0.0338 e. The van der Waals surface area contributed by atoms with Crippen LogP contribution in [0, 0.1) is 6.92 Å². The Morgan fingerprint density at radius 1 is 1.33 bits per heavy atom. The highest BCUT2D eigenvalue weighted by atomic mass is 14.6. The van der Waals surface area contributed by atoms with Gasteiger partial charge in [-0.1, -0.05) is 56.3 Å². The quantitative estimate of drug-likeness (QED) is 0.512. The summed E-state index contributed by atoms with van der Waals surface area (Å²) >= 11 is 0. The summed E-state index contributed by atoms with van der Waals surface area (Å²) < 4.78 is 0. The third-order valence-electron chi connectivity index (χ3n) is 1.80. The lowest BCUT2D eigenvalue weighted by molar-refractivity contribution is 1.44. The number of nitrogens with zero attached hydrogens (tertiary/aromatic N) is 1. The highest BCUT2D eigenvalue weighted by Gasteiger charge is 1.95. The van der Waals surface area contributed by atoms with E-state index < -0.39 is 0 Å². The van der Waals surface area contributed by atoms with Gasteiger partial charge in [0.2, 0.25) is 0 Å². The third-order valence-corrected chi connectivity index (χ3v) is 1.80. The van der Waals surface area contributed by atoms with Gasteiger partial charge in [0.15, 0.2) is 0 Å². The van der Waals surface area contributed by atoms with Crippen LogP contribution < -0.4 is 0 Å². The minimum absolute atomic E-state index is 0.999. The SMILES string of the molecule is C=C/C(=C\N=C)c1cccc(C)c1.CC. The first-order chi connectivity index (χ1) is 7.27. The first-order valence-corrected chi connectivity index (χ1v) is 5.13. The van der Waals surface area contributed by atoms with Gasteiger partial charge in [0.25, 0.3) is 0 Å². The molecule has 0 radical (unpaired) electrons. The summed E-state index contributed by atoms with van der Waals surface area (Å²) in [5, 5.41) is 0. The van der Waals surface area contributed by atoms with Crippen molar-refractivity contribution in [1.29, 1.82) is 0 Å². The largest absolute Gasteiger partial charge is 0.272 e. The zero-order valence-corrected chi connectivity index (χ0v) is 9.83. The average Bonchev–Trinajstić information content (AvgIpc) is 2.28. The van der Waals surface area contributed by atoms with Gasteiger partial charge < -0.3 is 0 Å². The van der Waals surface area contributed by atoms with Crippen LogP contribution in [0.15, 0.2) is 48.1 Å². The molecule has 0 unspecified atom stereocenters. The highest BCUT2D eigenvalue weighted by molar-refractivity contribution is 5.73. The van der Waals surface area contributed by atoms with E-state index in [-0.39, 0.29) is 0 Å². The molecule has 0 aliphatic rings. The molecule has 0 atom stereocenters. The van der Waals surface area contributed by atoms with Crippen molar-refractivity contribution in [3.8, 4) is 0 Å². The number of hydrogen-bond donors (Lipinski definition) is 0. The molecule has 0 saturated carbocycles. The van der Waals surface area contributed by atoms with Crippen LogP contribution in [0.1, 0.15) is 25.0 Å². The standard InChI is InChI=1S/C12H13N.C2H6/c1-4-11(9-13-3)12-7-5-6-10(2)8-12;1-2/h4-9H,1,3H2,2H3;1-2H3/b11-9+;. The molecule has 1 heteroatoms. The fraction of sp³-hybridized carbons (Fsp3) is 0.214. The van der Waals surface area contributed by atoms with Crippen molar-refractivity contribution in [1.82, 2.24) is 0 Å². The maximum atomic E-state index is 3.73. The molecule has 1 rings (SSSR count). The maximum absolute atomic E-state index is 3.73. The Bertz CT molecular complexity index is 348. The molecule has 0 aromatic heterocycles. The Morgan fingerprint density at radius 3 is 2.47 bits per heavy atom. The molecule has 1 aromatic rings. The molecule has 0 N–H and O–H groups in total. The van der Waals surface area contributed by atoms with Crippen LogP contribution in [0.25, 0.3) is 5.57 Å². The van der Waals surface area contributed by atoms with Crippen LogP contribution in [0.3, 0.4) is 0 Å². The fourth-order valence-electron chi connectivity index (χ4n) is 1.17. The topological polar surface area (TPSA) is 12.4 Å². The summed E-state index contributed by atoms with van der Waals surface area (Å²) in [5.41, 5.74) is 3.36. The minimum Gasteiger partial charge on any atom is -0.272 e. The van der Waals surface area contributed by atoms with Crippen molar-refractivity contribution in [2.75, 3.05) is 0 Å². The minimum atomic E-state index is 0.999. The molecule has 0 aliphatic heterocycles. The summed E-state index contributed by atoms with van der Waals surface area (Å²) in [6.45, 7) is 13.2. The Morgan fingerprint density at radius 2 is 2.00 bits per heavy atom. The summed E-state index contributed by atoms with van der Waals surface area (Å²) in [7, 11) is 0. The number of benzene rings is 1. The summed E-state index contributed by atoms with van der Waals surface area (Å²) in [6.07, 6.45) is 3.49. The lowest BCUT2D eigenvalue weighted by atomic mass is 10.0. The van der Waals surface area contributed by atoms with Crippen LogP contribution >= 0.6 is 0 Å². The molecular weight excluding hydrogens is 182 g/mol. The van der Waals surface area contributed by atoms with Crippen molar-refractivity contribution in [3.63, 3.8) is 0 Å². The van der Waals surface area contributed by atoms with Gasteiger partial charge in [-0.15, -0.1) is 0 Å². The number of allylic oxidation sites excluding steroid dienone is 2. The van der Waals surface area contributed by atoms with Crippen molar-refractivity contribution in [3.05, 3.63) is 54.2 Å². The molecule has 0 fully saturated rings. The third kappa shape index (κ3) is 4.41. The lowest BCUT2D eigenvalue weighted by Gasteiger charge is -2.01. The average molecular weight is 201 g/mol. The maximum Gasteiger partial charge on any atom is 0.0338 e. The van der Waals surface area contributed by atoms with Crippen LogP contribution in [0.2, 0.25) is 0 Å². The fourth-order valence-corrected chi connectivity index (χ4v) is 1.17. The predicted octanol–water partition coefficient (Wildman–Crippen LogP) is 4.25. The second kappa shape index (κ2) is 7.74. The van der Waals surface area contributed by atoms with Gasteiger partial charge in [-0.3, -0.25) is 4.99 Å². The van der Waals surface area contributed by atoms with E-state index in [2.05, 4.69) is 37.3 Å². The Kier molecular flexibility index (Phi) is 6.90. The van der Waals surface area contributed by atoms with Crippen LogP contribution in [0.4, 0.5) is 0 Å². The Hall–Kier alpha value is -1.63. The molecule has 0 amide bonds. The van der Waals surface area contributed by atoms with Gasteiger partial charge in [0, 0.05) is 6.20 Å². The van der Waals surface area contributed by atoms with Gasteiger partial charge in [-0.25, -0.2) is 0 Å². The van der Waals surface area contributed by atoms with Crippen molar-refractivity contribution in [2.24, 2.45) is 4.99 Å². The number of aryl methyl sites for hydroxylation is 1. The van der Waals surface area contributed by atoms with E-state index >= 15 is 0 Å². The summed E-state index contributed by atoms with van der Waals surface area (Å²) in [5.74, 6) is 0. The summed E-state index contributed by atoms with van der Waals surface area (Å²) in [4.78, 5) is 3.73. The van der Waals surface area contributed by atoms with E-state index in [9.17, 15) is 0 Å². The number of rotatable bonds is 3. The monoisotopic (exact) mass is 201 g/mol. The van der Waals surface area contributed by atoms with E-state index in [1.165, 1.54) is 5.56 Å². The number of hydrogen-bond acceptors (Lipinski definition) is 1. The van der Waals surface area contributed by atoms with Crippen molar-refractivity contribution >= 4 is 12.3 Å². The molecular formula is C14H19N. The second-order valence-corrected chi connectivity index (χ2v) is 2.84. The zero-order chi connectivity index (χ0) is 11.7. The first-order valence-electron chi connectivity index (χ1n) is 5.13. The summed E-state index contributed by atoms with van der Waals surface area (Å²) in [6, 6.07) is 8.21. The van der Waals surface area contributed by atoms with Crippen LogP contribution in [-0.2, 0) is 0 Å². The van der Waals surface area contributed by atoms with Crippen LogP contribution in [-0.4, -0.2) is 6.72 Å². The molecule has 0 spiro atoms. The molecule has 1 nitrogen and oxygen atoms in total. The van der Waals surface area contributed by atoms with E-state index in [0.717, 1.165) is 11.1 Å². The predicted molar refractivity (Wildman–Crippen MR) is 70.3 cm³/mol. The zero-order valence-electron chi connectivity index (χ0n) is 9.83. The van der Waals surface area contributed by atoms with Gasteiger partial charge >= 0.3 is 0 Å². The van der Waals surface area contributed by atoms with E-state index in [4.69, 9.17) is 0 Å². The molecule has 15 heavy (non-hydrogen) atoms. The van der Waals surface area contributed by atoms with Gasteiger partial charge in [-0.05, 0) is 24.8 Å². The van der Waals surface area contributed by atoms with Crippen molar-refractivity contribution < 1.29 is 0 Å². The van der Waals surface area contributed by atoms with Crippen LogP contribution in [0.5, 0.6) is 0 Å². The van der Waals surface area contributed by atoms with E-state index in [1.54, 1.807) is 12.3 Å². The normalized spacial score (nSPS) is 9.93. The van der Waals surface area contributed by atoms with E-state index in [0.29, 0.717) is 0 Å². The highest BCUT2D eigenvalue weighted by Crippen LogP contribution is 2.16. The molecule has 0 saturated heterocycles. The lowest BCUT2D eigenvalue weighted by Crippen LogP contribution is -1.81. The van der Waals surface area contributed by atoms with E-state index in [1.807, 2.05) is 26.0 Å². The van der Waals surface area contributed by atoms with Gasteiger partial charge in [0.1, 0.15) is 0 Å².